The van der Waals surface area contributed by atoms with Crippen LogP contribution < -0.4 is 10.6 Å². The molecular formula is C22H35N7OS. The van der Waals surface area contributed by atoms with Crippen LogP contribution in [-0.2, 0) is 31.4 Å². The lowest BCUT2D eigenvalue weighted by atomic mass is 10.1. The van der Waals surface area contributed by atoms with Crippen molar-refractivity contribution in [2.45, 2.75) is 33.0 Å². The van der Waals surface area contributed by atoms with Gasteiger partial charge < -0.3 is 19.9 Å². The number of guanidine groups is 1. The standard InChI is InChI=1S/C22H35N7OS/c1-18-26-27-21(28(18)2)16-25-22(23-9-6-14-31-3)24-15-19-7-4-5-8-20(19)17-29-10-12-30-13-11-29/h4-5,7-8H,6,9-17H2,1-3H3,(H2,23,24,25). The van der Waals surface area contributed by atoms with Gasteiger partial charge in [0.25, 0.3) is 0 Å². The minimum atomic E-state index is 0.584. The zero-order chi connectivity index (χ0) is 21.9. The zero-order valence-electron chi connectivity index (χ0n) is 18.9. The van der Waals surface area contributed by atoms with E-state index in [1.165, 1.54) is 11.1 Å². The molecule has 2 aromatic rings. The minimum Gasteiger partial charge on any atom is -0.379 e. The Balaban J connectivity index is 1.65. The van der Waals surface area contributed by atoms with Crippen LogP contribution in [0.3, 0.4) is 0 Å². The van der Waals surface area contributed by atoms with Crippen molar-refractivity contribution in [3.63, 3.8) is 0 Å². The van der Waals surface area contributed by atoms with Crippen LogP contribution in [0.15, 0.2) is 29.3 Å². The number of morpholine rings is 1. The topological polar surface area (TPSA) is 79.6 Å². The Bertz CT molecular complexity index is 833. The summed E-state index contributed by atoms with van der Waals surface area (Å²) in [4.78, 5) is 7.33. The van der Waals surface area contributed by atoms with E-state index in [2.05, 4.69) is 56.3 Å². The number of nitrogens with zero attached hydrogens (tertiary/aromatic N) is 5. The number of aromatic nitrogens is 3. The van der Waals surface area contributed by atoms with Gasteiger partial charge in [-0.15, -0.1) is 10.2 Å². The Labute approximate surface area is 189 Å². The molecule has 0 unspecified atom stereocenters. The highest BCUT2D eigenvalue weighted by atomic mass is 32.2. The summed E-state index contributed by atoms with van der Waals surface area (Å²) in [6, 6.07) is 8.59. The molecule has 2 heterocycles. The molecule has 0 amide bonds. The molecular weight excluding hydrogens is 410 g/mol. The Hall–Kier alpha value is -2.10. The number of hydrogen-bond acceptors (Lipinski definition) is 6. The third kappa shape index (κ3) is 7.52. The molecule has 31 heavy (non-hydrogen) atoms. The fourth-order valence-electron chi connectivity index (χ4n) is 3.40. The largest absolute Gasteiger partial charge is 0.379 e. The Morgan fingerprint density at radius 1 is 1.16 bits per heavy atom. The molecule has 170 valence electrons. The van der Waals surface area contributed by atoms with E-state index in [4.69, 9.17) is 9.73 Å². The van der Waals surface area contributed by atoms with Crippen molar-refractivity contribution < 1.29 is 4.74 Å². The van der Waals surface area contributed by atoms with Crippen molar-refractivity contribution in [1.29, 1.82) is 0 Å². The fraction of sp³-hybridized carbons (Fsp3) is 0.591. The quantitative estimate of drug-likeness (QED) is 0.329. The number of nitrogens with one attached hydrogen (secondary N) is 2. The van der Waals surface area contributed by atoms with Gasteiger partial charge in [-0.1, -0.05) is 24.3 Å². The van der Waals surface area contributed by atoms with Crippen molar-refractivity contribution in [2.75, 3.05) is 44.9 Å². The smallest absolute Gasteiger partial charge is 0.191 e. The maximum atomic E-state index is 5.48. The third-order valence-corrected chi connectivity index (χ3v) is 6.13. The molecule has 0 spiro atoms. The Morgan fingerprint density at radius 2 is 1.94 bits per heavy atom. The molecule has 0 atom stereocenters. The van der Waals surface area contributed by atoms with Crippen LogP contribution in [0.25, 0.3) is 0 Å². The third-order valence-electron chi connectivity index (χ3n) is 5.44. The van der Waals surface area contributed by atoms with Gasteiger partial charge in [0, 0.05) is 33.2 Å². The number of hydrogen-bond donors (Lipinski definition) is 2. The lowest BCUT2D eigenvalue weighted by molar-refractivity contribution is 0.0341. The number of aliphatic imine (C=N–C) groups is 1. The van der Waals surface area contributed by atoms with E-state index in [1.54, 1.807) is 0 Å². The molecule has 1 aliphatic rings. The lowest BCUT2D eigenvalue weighted by Gasteiger charge is -2.27. The van der Waals surface area contributed by atoms with E-state index < -0.39 is 0 Å². The van der Waals surface area contributed by atoms with Crippen LogP contribution in [0.1, 0.15) is 29.2 Å². The maximum absolute atomic E-state index is 5.48. The van der Waals surface area contributed by atoms with E-state index in [0.29, 0.717) is 13.1 Å². The van der Waals surface area contributed by atoms with E-state index in [9.17, 15) is 0 Å². The van der Waals surface area contributed by atoms with Crippen LogP contribution in [0.5, 0.6) is 0 Å². The minimum absolute atomic E-state index is 0.584. The van der Waals surface area contributed by atoms with Gasteiger partial charge in [0.15, 0.2) is 11.8 Å². The first kappa shape index (κ1) is 23.6. The van der Waals surface area contributed by atoms with Crippen LogP contribution in [-0.4, -0.2) is 70.5 Å². The van der Waals surface area contributed by atoms with Crippen molar-refractivity contribution in [2.24, 2.45) is 12.0 Å². The first-order valence-electron chi connectivity index (χ1n) is 10.9. The SMILES string of the molecule is CSCCCNC(=NCc1ccccc1CN1CCOCC1)NCc1nnc(C)n1C. The highest BCUT2D eigenvalue weighted by Gasteiger charge is 2.13. The molecule has 8 nitrogen and oxygen atoms in total. The van der Waals surface area contributed by atoms with Gasteiger partial charge in [0.1, 0.15) is 5.82 Å². The summed E-state index contributed by atoms with van der Waals surface area (Å²) in [5.74, 6) is 3.73. The predicted molar refractivity (Wildman–Crippen MR) is 127 cm³/mol. The molecule has 1 aromatic heterocycles. The Morgan fingerprint density at radius 3 is 2.65 bits per heavy atom. The van der Waals surface area contributed by atoms with Crippen molar-refractivity contribution in [1.82, 2.24) is 30.3 Å². The number of aryl methyl sites for hydroxylation is 1. The summed E-state index contributed by atoms with van der Waals surface area (Å²) < 4.78 is 7.48. The molecule has 2 N–H and O–H groups in total. The second kappa shape index (κ2) is 12.7. The highest BCUT2D eigenvalue weighted by Crippen LogP contribution is 2.14. The molecule has 9 heteroatoms. The highest BCUT2D eigenvalue weighted by molar-refractivity contribution is 7.98. The average Bonchev–Trinajstić information content (AvgIpc) is 3.12. The zero-order valence-corrected chi connectivity index (χ0v) is 19.7. The first-order valence-corrected chi connectivity index (χ1v) is 12.3. The molecule has 0 radical (unpaired) electrons. The number of rotatable bonds is 10. The molecule has 0 aliphatic carbocycles. The molecule has 0 bridgehead atoms. The normalized spacial score (nSPS) is 15.3. The van der Waals surface area contributed by atoms with Gasteiger partial charge in [-0.3, -0.25) is 4.90 Å². The summed E-state index contributed by atoms with van der Waals surface area (Å²) in [5, 5.41) is 15.3. The molecule has 1 aliphatic heterocycles. The van der Waals surface area contributed by atoms with E-state index in [0.717, 1.165) is 69.2 Å². The van der Waals surface area contributed by atoms with E-state index >= 15 is 0 Å². The van der Waals surface area contributed by atoms with Crippen LogP contribution in [0.4, 0.5) is 0 Å². The fourth-order valence-corrected chi connectivity index (χ4v) is 3.83. The lowest BCUT2D eigenvalue weighted by Crippen LogP contribution is -2.38. The van der Waals surface area contributed by atoms with E-state index in [-0.39, 0.29) is 0 Å². The molecule has 0 saturated carbocycles. The second-order valence-corrected chi connectivity index (χ2v) is 8.66. The summed E-state index contributed by atoms with van der Waals surface area (Å²) in [5.41, 5.74) is 2.59. The summed E-state index contributed by atoms with van der Waals surface area (Å²) in [6.07, 6.45) is 3.23. The van der Waals surface area contributed by atoms with Crippen LogP contribution in [0, 0.1) is 6.92 Å². The van der Waals surface area contributed by atoms with Crippen molar-refractivity contribution in [3.8, 4) is 0 Å². The van der Waals surface area contributed by atoms with E-state index in [1.807, 2.05) is 30.3 Å². The summed E-state index contributed by atoms with van der Waals surface area (Å²) >= 11 is 1.86. The summed E-state index contributed by atoms with van der Waals surface area (Å²) in [6.45, 7) is 8.61. The van der Waals surface area contributed by atoms with Crippen molar-refractivity contribution in [3.05, 3.63) is 47.0 Å². The van der Waals surface area contributed by atoms with Crippen LogP contribution >= 0.6 is 11.8 Å². The predicted octanol–water partition coefficient (Wildman–Crippen LogP) is 1.94. The number of benzene rings is 1. The second-order valence-electron chi connectivity index (χ2n) is 7.67. The maximum Gasteiger partial charge on any atom is 0.191 e. The summed E-state index contributed by atoms with van der Waals surface area (Å²) in [7, 11) is 1.98. The van der Waals surface area contributed by atoms with Crippen molar-refractivity contribution >= 4 is 17.7 Å². The molecule has 1 fully saturated rings. The van der Waals surface area contributed by atoms with Gasteiger partial charge in [0.2, 0.25) is 0 Å². The van der Waals surface area contributed by atoms with Gasteiger partial charge >= 0.3 is 0 Å². The number of thioether (sulfide) groups is 1. The monoisotopic (exact) mass is 445 g/mol. The average molecular weight is 446 g/mol. The van der Waals surface area contributed by atoms with Gasteiger partial charge in [-0.2, -0.15) is 11.8 Å². The molecule has 1 aromatic carbocycles. The molecule has 1 saturated heterocycles. The van der Waals surface area contributed by atoms with Gasteiger partial charge in [0.05, 0.1) is 26.3 Å². The van der Waals surface area contributed by atoms with Gasteiger partial charge in [-0.05, 0) is 36.5 Å². The molecule has 3 rings (SSSR count). The van der Waals surface area contributed by atoms with Gasteiger partial charge in [-0.25, -0.2) is 4.99 Å². The Kier molecular flexibility index (Phi) is 9.64. The first-order chi connectivity index (χ1) is 15.2. The van der Waals surface area contributed by atoms with Crippen LogP contribution in [0.2, 0.25) is 0 Å². The number of ether oxygens (including phenoxy) is 1.